The van der Waals surface area contributed by atoms with Crippen molar-refractivity contribution in [2.24, 2.45) is 23.2 Å². The van der Waals surface area contributed by atoms with Crippen LogP contribution in [0.1, 0.15) is 94.4 Å². The highest BCUT2D eigenvalue weighted by atomic mass is 32.2. The molecule has 5 amide bonds. The van der Waals surface area contributed by atoms with Crippen molar-refractivity contribution in [1.29, 1.82) is 0 Å². The second-order valence-electron chi connectivity index (χ2n) is 15.2. The Hall–Kier alpha value is -3.04. The van der Waals surface area contributed by atoms with Crippen LogP contribution in [0.5, 0.6) is 0 Å². The highest BCUT2D eigenvalue weighted by Crippen LogP contribution is 2.34. The number of ketones is 1. The molecule has 290 valence electrons. The first-order chi connectivity index (χ1) is 23.7. The Morgan fingerprint density at radius 2 is 1.67 bits per heavy atom. The SMILES string of the molecule is CCCNC(=O)C(=O)C(CCC)N(C)C(=O)[C@@H]1[C@@H](C(C)C)CCN1C(=O)[C@@H](NC(=O)N[C@H](CN(C)S(=O)(=O)c1cccs1)[C@@H](C)CC)C(C)(C)C. The van der Waals surface area contributed by atoms with Crippen LogP contribution in [-0.2, 0) is 29.2 Å². The van der Waals surface area contributed by atoms with E-state index in [-0.39, 0.29) is 35.1 Å². The molecule has 2 heterocycles. The third-order valence-electron chi connectivity index (χ3n) is 9.93. The molecule has 0 radical (unpaired) electrons. The standard InChI is InChI=1S/C36H62N6O7S2/c1-12-16-27(30(43)32(44)37-19-13-2)41(11)33(45)29-25(23(4)5)18-20-42(29)34(46)31(36(7,8)9)39-35(47)38-26(24(6)14-3)22-40(10)51(48,49)28-17-15-21-50-28/h15,17,21,23-27,29,31H,12-14,16,18-20,22H2,1-11H3,(H,37,44)(H2,38,39,47)/t24-,25+,26+,27?,29-,31+/m0/s1. The number of nitrogens with one attached hydrogen (secondary N) is 3. The van der Waals surface area contributed by atoms with E-state index in [9.17, 15) is 32.4 Å². The molecular formula is C36H62N6O7S2. The van der Waals surface area contributed by atoms with Crippen molar-refractivity contribution >= 4 is 50.9 Å². The van der Waals surface area contributed by atoms with Crippen molar-refractivity contribution in [2.75, 3.05) is 33.7 Å². The Morgan fingerprint density at radius 1 is 1.02 bits per heavy atom. The number of rotatable bonds is 18. The van der Waals surface area contributed by atoms with Crippen LogP contribution in [0.2, 0.25) is 0 Å². The molecule has 15 heteroatoms. The molecule has 1 fully saturated rings. The van der Waals surface area contributed by atoms with Crippen LogP contribution in [0.25, 0.3) is 0 Å². The van der Waals surface area contributed by atoms with Crippen LogP contribution in [0.3, 0.4) is 0 Å². The molecule has 0 spiro atoms. The second-order valence-corrected chi connectivity index (χ2v) is 18.4. The van der Waals surface area contributed by atoms with Crippen molar-refractivity contribution in [3.63, 3.8) is 0 Å². The van der Waals surface area contributed by atoms with Gasteiger partial charge in [-0.3, -0.25) is 19.2 Å². The van der Waals surface area contributed by atoms with Crippen molar-refractivity contribution in [2.45, 2.75) is 123 Å². The number of hydrogen-bond acceptors (Lipinski definition) is 8. The molecule has 1 saturated heterocycles. The Labute approximate surface area is 309 Å². The summed E-state index contributed by atoms with van der Waals surface area (Å²) in [5, 5.41) is 10.1. The average molecular weight is 755 g/mol. The van der Waals surface area contributed by atoms with Gasteiger partial charge < -0.3 is 25.8 Å². The molecule has 51 heavy (non-hydrogen) atoms. The Balaban J connectivity index is 2.37. The third-order valence-corrected chi connectivity index (χ3v) is 13.1. The van der Waals surface area contributed by atoms with E-state index < -0.39 is 69.1 Å². The summed E-state index contributed by atoms with van der Waals surface area (Å²) in [5.41, 5.74) is -0.771. The van der Waals surface area contributed by atoms with Crippen molar-refractivity contribution < 1.29 is 32.4 Å². The fourth-order valence-corrected chi connectivity index (χ4v) is 8.84. The van der Waals surface area contributed by atoms with Crippen LogP contribution in [0.15, 0.2) is 21.7 Å². The van der Waals surface area contributed by atoms with E-state index in [2.05, 4.69) is 16.0 Å². The topological polar surface area (TPSA) is 165 Å². The highest BCUT2D eigenvalue weighted by Gasteiger charge is 2.49. The first-order valence-electron chi connectivity index (χ1n) is 18.2. The zero-order valence-electron chi connectivity index (χ0n) is 32.4. The molecule has 2 rings (SSSR count). The minimum absolute atomic E-state index is 0.0238. The number of urea groups is 1. The number of hydrogen-bond donors (Lipinski definition) is 3. The first-order valence-corrected chi connectivity index (χ1v) is 20.5. The van der Waals surface area contributed by atoms with Crippen LogP contribution in [-0.4, -0.2) is 110 Å². The lowest BCUT2D eigenvalue weighted by molar-refractivity contribution is -0.151. The number of nitrogens with zero attached hydrogens (tertiary/aromatic N) is 3. The lowest BCUT2D eigenvalue weighted by Gasteiger charge is -2.39. The molecule has 0 bridgehead atoms. The number of thiophene rings is 1. The minimum atomic E-state index is -3.76. The van der Waals surface area contributed by atoms with E-state index in [1.165, 1.54) is 28.2 Å². The fraction of sp³-hybridized carbons (Fsp3) is 0.750. The smallest absolute Gasteiger partial charge is 0.315 e. The van der Waals surface area contributed by atoms with Gasteiger partial charge in [0.25, 0.3) is 15.9 Å². The summed E-state index contributed by atoms with van der Waals surface area (Å²) in [6.45, 7) is 17.8. The fourth-order valence-electron chi connectivity index (χ4n) is 6.44. The van der Waals surface area contributed by atoms with Crippen molar-refractivity contribution in [3.8, 4) is 0 Å². The minimum Gasteiger partial charge on any atom is -0.349 e. The van der Waals surface area contributed by atoms with Gasteiger partial charge in [-0.25, -0.2) is 13.2 Å². The third kappa shape index (κ3) is 11.2. The maximum absolute atomic E-state index is 14.5. The van der Waals surface area contributed by atoms with Crippen LogP contribution < -0.4 is 16.0 Å². The van der Waals surface area contributed by atoms with E-state index in [0.717, 1.165) is 11.3 Å². The molecule has 1 aromatic rings. The first kappa shape index (κ1) is 44.1. The predicted molar refractivity (Wildman–Crippen MR) is 201 cm³/mol. The van der Waals surface area contributed by atoms with E-state index in [4.69, 9.17) is 0 Å². The molecule has 0 saturated carbocycles. The number of likely N-dealkylation sites (tertiary alicyclic amines) is 1. The van der Waals surface area contributed by atoms with Crippen LogP contribution >= 0.6 is 11.3 Å². The summed E-state index contributed by atoms with van der Waals surface area (Å²) in [6.07, 6.45) is 2.75. The van der Waals surface area contributed by atoms with Gasteiger partial charge in [-0.1, -0.05) is 81.2 Å². The Kier molecular flexibility index (Phi) is 16.6. The second kappa shape index (κ2) is 19.2. The largest absolute Gasteiger partial charge is 0.349 e. The van der Waals surface area contributed by atoms with Crippen molar-refractivity contribution in [3.05, 3.63) is 17.5 Å². The number of likely N-dealkylation sites (N-methyl/N-ethyl adjacent to an activating group) is 2. The summed E-state index contributed by atoms with van der Waals surface area (Å²) in [7, 11) is -0.759. The summed E-state index contributed by atoms with van der Waals surface area (Å²) >= 11 is 1.12. The monoisotopic (exact) mass is 754 g/mol. The molecule has 3 N–H and O–H groups in total. The van der Waals surface area contributed by atoms with Gasteiger partial charge in [-0.15, -0.1) is 11.3 Å². The highest BCUT2D eigenvalue weighted by molar-refractivity contribution is 7.91. The molecule has 1 aliphatic heterocycles. The van der Waals surface area contributed by atoms with Crippen molar-refractivity contribution in [1.82, 2.24) is 30.1 Å². The molecule has 1 aromatic heterocycles. The zero-order valence-corrected chi connectivity index (χ0v) is 34.1. The van der Waals surface area contributed by atoms with E-state index in [1.54, 1.807) is 17.5 Å². The van der Waals surface area contributed by atoms with Gasteiger partial charge in [0.1, 0.15) is 16.3 Å². The quantitative estimate of drug-likeness (QED) is 0.190. The Morgan fingerprint density at radius 3 is 2.18 bits per heavy atom. The number of carbonyl (C=O) groups excluding carboxylic acids is 5. The molecular weight excluding hydrogens is 693 g/mol. The van der Waals surface area contributed by atoms with Crippen LogP contribution in [0, 0.1) is 23.2 Å². The summed E-state index contributed by atoms with van der Waals surface area (Å²) in [5.74, 6) is -2.53. The van der Waals surface area contributed by atoms with Gasteiger partial charge >= 0.3 is 6.03 Å². The van der Waals surface area contributed by atoms with Gasteiger partial charge in [0, 0.05) is 39.8 Å². The van der Waals surface area contributed by atoms with E-state index >= 15 is 0 Å². The molecule has 1 unspecified atom stereocenters. The molecule has 13 nitrogen and oxygen atoms in total. The zero-order chi connectivity index (χ0) is 38.8. The number of sulfonamides is 1. The molecule has 0 aromatic carbocycles. The van der Waals surface area contributed by atoms with Crippen LogP contribution in [0.4, 0.5) is 4.79 Å². The summed E-state index contributed by atoms with van der Waals surface area (Å²) in [6, 6.07) is -0.892. The van der Waals surface area contributed by atoms with E-state index in [1.807, 2.05) is 62.3 Å². The van der Waals surface area contributed by atoms with Gasteiger partial charge in [0.15, 0.2) is 0 Å². The number of carbonyl (C=O) groups is 5. The van der Waals surface area contributed by atoms with E-state index in [0.29, 0.717) is 38.6 Å². The van der Waals surface area contributed by atoms with Gasteiger partial charge in [0.2, 0.25) is 17.6 Å². The van der Waals surface area contributed by atoms with Gasteiger partial charge in [-0.05, 0) is 53.9 Å². The number of amides is 5. The van der Waals surface area contributed by atoms with Gasteiger partial charge in [-0.2, -0.15) is 4.31 Å². The number of Topliss-reactive ketones (excluding diaryl/α,β-unsaturated/α-hetero) is 1. The average Bonchev–Trinajstić information content (AvgIpc) is 3.78. The lowest BCUT2D eigenvalue weighted by atomic mass is 9.84. The molecule has 1 aliphatic rings. The molecule has 0 aliphatic carbocycles. The maximum Gasteiger partial charge on any atom is 0.315 e. The Bertz CT molecular complexity index is 1440. The maximum atomic E-state index is 14.5. The predicted octanol–water partition coefficient (Wildman–Crippen LogP) is 4.09. The van der Waals surface area contributed by atoms with Gasteiger partial charge in [0.05, 0.1) is 6.04 Å². The molecule has 6 atom stereocenters. The normalized spacial score (nSPS) is 19.0. The summed E-state index contributed by atoms with van der Waals surface area (Å²) < 4.78 is 27.8. The summed E-state index contributed by atoms with van der Waals surface area (Å²) in [4.78, 5) is 71.3. The lowest BCUT2D eigenvalue weighted by Crippen LogP contribution is -2.62.